The number of hydrogen-bond acceptors (Lipinski definition) is 5. The first-order valence-corrected chi connectivity index (χ1v) is 9.80. The van der Waals surface area contributed by atoms with Gasteiger partial charge in [0.05, 0.1) is 6.10 Å². The van der Waals surface area contributed by atoms with Gasteiger partial charge in [-0.3, -0.25) is 0 Å². The second kappa shape index (κ2) is 7.12. The third-order valence-corrected chi connectivity index (χ3v) is 6.09. The molecule has 23 heavy (non-hydrogen) atoms. The van der Waals surface area contributed by atoms with Gasteiger partial charge in [-0.25, -0.2) is 18.1 Å². The Hall–Kier alpha value is -1.22. The maximum Gasteiger partial charge on any atom is 0.259 e. The Morgan fingerprint density at radius 2 is 2.04 bits per heavy atom. The smallest absolute Gasteiger partial charge is 0.259 e. The number of hydrogen-bond donors (Lipinski definition) is 2. The maximum atomic E-state index is 12.3. The Balaban J connectivity index is 1.99. The van der Waals surface area contributed by atoms with Gasteiger partial charge in [0.15, 0.2) is 5.03 Å². The minimum absolute atomic E-state index is 0.0551. The molecule has 2 aromatic rings. The van der Waals surface area contributed by atoms with Gasteiger partial charge in [0.2, 0.25) is 0 Å². The van der Waals surface area contributed by atoms with Crippen molar-refractivity contribution in [2.24, 2.45) is 7.05 Å². The summed E-state index contributed by atoms with van der Waals surface area (Å²) in [7, 11) is -1.81. The summed E-state index contributed by atoms with van der Waals surface area (Å²) >= 11 is 1.49. The van der Waals surface area contributed by atoms with E-state index in [-0.39, 0.29) is 10.9 Å². The lowest BCUT2D eigenvalue weighted by Gasteiger charge is -2.03. The predicted octanol–water partition coefficient (Wildman–Crippen LogP) is 2.18. The maximum absolute atomic E-state index is 12.3. The summed E-state index contributed by atoms with van der Waals surface area (Å²) in [5.74, 6) is 0.902. The van der Waals surface area contributed by atoms with Gasteiger partial charge < -0.3 is 9.67 Å². The molecular weight excluding hydrogens is 334 g/mol. The van der Waals surface area contributed by atoms with E-state index in [1.807, 2.05) is 26.0 Å². The van der Waals surface area contributed by atoms with Gasteiger partial charge in [0.1, 0.15) is 5.82 Å². The van der Waals surface area contributed by atoms with Crippen LogP contribution in [0.1, 0.15) is 48.4 Å². The van der Waals surface area contributed by atoms with E-state index in [9.17, 15) is 13.5 Å². The van der Waals surface area contributed by atoms with Gasteiger partial charge >= 0.3 is 0 Å². The average molecular weight is 358 g/mol. The van der Waals surface area contributed by atoms with Crippen LogP contribution in [0.3, 0.4) is 0 Å². The number of thiophene rings is 1. The lowest BCUT2D eigenvalue weighted by molar-refractivity contribution is 0.203. The van der Waals surface area contributed by atoms with Crippen molar-refractivity contribution in [1.82, 2.24) is 14.3 Å². The lowest BCUT2D eigenvalue weighted by Crippen LogP contribution is -2.26. The summed E-state index contributed by atoms with van der Waals surface area (Å²) in [5.41, 5.74) is 0. The van der Waals surface area contributed by atoms with Crippen LogP contribution in [0.25, 0.3) is 0 Å². The lowest BCUT2D eigenvalue weighted by atomic mass is 10.2. The topological polar surface area (TPSA) is 84.2 Å². The van der Waals surface area contributed by atoms with Crippen molar-refractivity contribution in [3.8, 4) is 0 Å². The molecule has 0 radical (unpaired) electrons. The van der Waals surface area contributed by atoms with E-state index in [0.29, 0.717) is 13.0 Å². The molecule has 1 atom stereocenters. The molecule has 0 aliphatic rings. The highest BCUT2D eigenvalue weighted by Gasteiger charge is 2.20. The van der Waals surface area contributed by atoms with Gasteiger partial charge in [0, 0.05) is 35.5 Å². The molecule has 2 rings (SSSR count). The summed E-state index contributed by atoms with van der Waals surface area (Å²) in [6.45, 7) is 5.97. The second-order valence-corrected chi connectivity index (χ2v) is 8.74. The zero-order valence-electron chi connectivity index (χ0n) is 13.8. The monoisotopic (exact) mass is 357 g/mol. The number of sulfonamides is 1. The zero-order valence-corrected chi connectivity index (χ0v) is 15.4. The molecular formula is C15H23N3O3S2. The molecule has 0 amide bonds. The fourth-order valence-corrected chi connectivity index (χ4v) is 4.23. The summed E-state index contributed by atoms with van der Waals surface area (Å²) in [5, 5.41) is 9.56. The molecule has 0 aliphatic carbocycles. The second-order valence-electron chi connectivity index (χ2n) is 5.83. The van der Waals surface area contributed by atoms with Gasteiger partial charge in [-0.15, -0.1) is 11.3 Å². The molecule has 0 fully saturated rings. The summed E-state index contributed by atoms with van der Waals surface area (Å²) in [6, 6.07) is 3.78. The normalized spacial score (nSPS) is 13.7. The van der Waals surface area contributed by atoms with Crippen molar-refractivity contribution in [2.75, 3.05) is 6.54 Å². The zero-order chi connectivity index (χ0) is 17.2. The highest BCUT2D eigenvalue weighted by atomic mass is 32.2. The predicted molar refractivity (Wildman–Crippen MR) is 91.1 cm³/mol. The van der Waals surface area contributed by atoms with E-state index in [4.69, 9.17) is 0 Å². The third kappa shape index (κ3) is 4.41. The number of aryl methyl sites for hydroxylation is 1. The molecule has 0 spiro atoms. The number of aliphatic hydroxyl groups excluding tert-OH is 1. The van der Waals surface area contributed by atoms with E-state index < -0.39 is 16.1 Å². The largest absolute Gasteiger partial charge is 0.388 e. The molecule has 2 N–H and O–H groups in total. The molecule has 2 aromatic heterocycles. The van der Waals surface area contributed by atoms with E-state index in [0.717, 1.165) is 15.6 Å². The number of imidazole rings is 1. The van der Waals surface area contributed by atoms with Crippen LogP contribution in [0.15, 0.2) is 23.4 Å². The van der Waals surface area contributed by atoms with E-state index in [2.05, 4.69) is 9.71 Å². The van der Waals surface area contributed by atoms with Crippen LogP contribution in [-0.2, 0) is 23.5 Å². The van der Waals surface area contributed by atoms with Crippen molar-refractivity contribution in [2.45, 2.75) is 44.2 Å². The SMILES string of the molecule is CC(C)c1nc(S(=O)(=O)NCCc2ccc([C@@H](C)O)s2)cn1C. The standard InChI is InChI=1S/C15H23N3O3S2/c1-10(2)15-17-14(9-18(15)4)23(20,21)16-8-7-12-5-6-13(22-12)11(3)19/h5-6,9-11,16,19H,7-8H2,1-4H3/t11-/m1/s1. The number of rotatable bonds is 7. The molecule has 0 saturated heterocycles. The molecule has 0 saturated carbocycles. The van der Waals surface area contributed by atoms with Gasteiger partial charge in [-0.05, 0) is 25.5 Å². The van der Waals surface area contributed by atoms with Crippen LogP contribution in [0.5, 0.6) is 0 Å². The van der Waals surface area contributed by atoms with Crippen LogP contribution < -0.4 is 4.72 Å². The summed E-state index contributed by atoms with van der Waals surface area (Å²) < 4.78 is 28.9. The minimum Gasteiger partial charge on any atom is -0.388 e. The first-order valence-electron chi connectivity index (χ1n) is 7.50. The third-order valence-electron chi connectivity index (χ3n) is 3.44. The van der Waals surface area contributed by atoms with Gasteiger partial charge in [-0.2, -0.15) is 0 Å². The average Bonchev–Trinajstić information content (AvgIpc) is 3.05. The van der Waals surface area contributed by atoms with E-state index in [1.165, 1.54) is 17.5 Å². The van der Waals surface area contributed by atoms with Crippen LogP contribution in [0, 0.1) is 0 Å². The van der Waals surface area contributed by atoms with Gasteiger partial charge in [-0.1, -0.05) is 13.8 Å². The van der Waals surface area contributed by atoms with Crippen LogP contribution in [0.2, 0.25) is 0 Å². The Bertz CT molecular complexity index is 761. The fraction of sp³-hybridized carbons (Fsp3) is 0.533. The first-order chi connectivity index (χ1) is 10.7. The van der Waals surface area contributed by atoms with E-state index >= 15 is 0 Å². The summed E-state index contributed by atoms with van der Waals surface area (Å²) in [6.07, 6.45) is 1.63. The first kappa shape index (κ1) is 18.1. The van der Waals surface area contributed by atoms with Crippen LogP contribution in [0.4, 0.5) is 0 Å². The molecule has 128 valence electrons. The number of aliphatic hydroxyl groups is 1. The van der Waals surface area contributed by atoms with Crippen molar-refractivity contribution < 1.29 is 13.5 Å². The molecule has 8 heteroatoms. The fourth-order valence-electron chi connectivity index (χ4n) is 2.25. The molecule has 6 nitrogen and oxygen atoms in total. The molecule has 0 aliphatic heterocycles. The Labute approximate surface area is 141 Å². The Kier molecular flexibility index (Phi) is 5.61. The van der Waals surface area contributed by atoms with Gasteiger partial charge in [0.25, 0.3) is 10.0 Å². The Morgan fingerprint density at radius 3 is 2.57 bits per heavy atom. The van der Waals surface area contributed by atoms with Crippen molar-refractivity contribution in [3.05, 3.63) is 33.9 Å². The summed E-state index contributed by atoms with van der Waals surface area (Å²) in [4.78, 5) is 6.13. The highest BCUT2D eigenvalue weighted by Crippen LogP contribution is 2.23. The van der Waals surface area contributed by atoms with E-state index in [1.54, 1.807) is 18.5 Å². The van der Waals surface area contributed by atoms with Crippen molar-refractivity contribution >= 4 is 21.4 Å². The van der Waals surface area contributed by atoms with Crippen molar-refractivity contribution in [3.63, 3.8) is 0 Å². The van der Waals surface area contributed by atoms with Crippen molar-refractivity contribution in [1.29, 1.82) is 0 Å². The molecule has 2 heterocycles. The Morgan fingerprint density at radius 1 is 1.35 bits per heavy atom. The highest BCUT2D eigenvalue weighted by molar-refractivity contribution is 7.89. The number of nitrogens with zero attached hydrogens (tertiary/aromatic N) is 2. The van der Waals surface area contributed by atoms with Crippen LogP contribution in [-0.4, -0.2) is 29.6 Å². The molecule has 0 unspecified atom stereocenters. The molecule has 0 bridgehead atoms. The minimum atomic E-state index is -3.60. The molecule has 0 aromatic carbocycles. The number of aromatic nitrogens is 2. The van der Waals surface area contributed by atoms with Crippen LogP contribution >= 0.6 is 11.3 Å². The number of nitrogens with one attached hydrogen (secondary N) is 1. The quantitative estimate of drug-likeness (QED) is 0.795.